The predicted octanol–water partition coefficient (Wildman–Crippen LogP) is 3.11. The van der Waals surface area contributed by atoms with Crippen molar-refractivity contribution in [2.45, 2.75) is 13.0 Å². The van der Waals surface area contributed by atoms with Crippen LogP contribution in [0.5, 0.6) is 0 Å². The third-order valence-corrected chi connectivity index (χ3v) is 4.11. The number of carbonyl (C=O) groups excluding carboxylic acids is 2. The van der Waals surface area contributed by atoms with E-state index in [0.29, 0.717) is 16.7 Å². The molecule has 30 heavy (non-hydrogen) atoms. The van der Waals surface area contributed by atoms with Gasteiger partial charge >= 0.3 is 12.0 Å². The molecule has 9 heteroatoms. The van der Waals surface area contributed by atoms with E-state index >= 15 is 0 Å². The second kappa shape index (κ2) is 9.25. The van der Waals surface area contributed by atoms with Crippen molar-refractivity contribution in [1.82, 2.24) is 15.3 Å². The fourth-order valence-corrected chi connectivity index (χ4v) is 2.61. The number of imidazole rings is 1. The van der Waals surface area contributed by atoms with E-state index in [1.165, 1.54) is 6.92 Å². The number of allylic oxidation sites excluding steroid dienone is 1. The number of nitrogens with zero attached hydrogens (tertiary/aromatic N) is 2. The maximum absolute atomic E-state index is 12.1. The van der Waals surface area contributed by atoms with Crippen LogP contribution in [-0.2, 0) is 9.53 Å². The molecule has 0 aliphatic carbocycles. The van der Waals surface area contributed by atoms with Gasteiger partial charge in [0.1, 0.15) is 24.3 Å². The Hall–Kier alpha value is -4.32. The molecule has 0 aliphatic heterocycles. The number of anilines is 1. The number of rotatable bonds is 6. The number of aliphatic hydroxyl groups is 1. The molecular formula is C21H19N5O4. The van der Waals surface area contributed by atoms with E-state index in [2.05, 4.69) is 20.6 Å². The molecule has 0 saturated carbocycles. The Morgan fingerprint density at radius 2 is 1.90 bits per heavy atom. The van der Waals surface area contributed by atoms with Gasteiger partial charge in [0.25, 0.3) is 0 Å². The van der Waals surface area contributed by atoms with Crippen LogP contribution in [-0.4, -0.2) is 39.7 Å². The van der Waals surface area contributed by atoms with Gasteiger partial charge in [-0.1, -0.05) is 30.3 Å². The largest absolute Gasteiger partial charge is 0.507 e. The number of H-pyrrole nitrogens is 1. The summed E-state index contributed by atoms with van der Waals surface area (Å²) in [6.45, 7) is 0.906. The SMILES string of the molecule is C[C@H](NC(=O)Nc1ccccc1)C(=O)OC/C(O)=C(\C#N)c1nc2ccccc2[nH]1. The van der Waals surface area contributed by atoms with Crippen molar-refractivity contribution in [1.29, 1.82) is 5.26 Å². The first-order valence-corrected chi connectivity index (χ1v) is 9.04. The van der Waals surface area contributed by atoms with Crippen molar-refractivity contribution < 1.29 is 19.4 Å². The highest BCUT2D eigenvalue weighted by Crippen LogP contribution is 2.18. The fourth-order valence-electron chi connectivity index (χ4n) is 2.61. The third kappa shape index (κ3) is 4.94. The molecule has 1 heterocycles. The van der Waals surface area contributed by atoms with E-state index in [1.807, 2.05) is 18.2 Å². The molecule has 152 valence electrons. The summed E-state index contributed by atoms with van der Waals surface area (Å²) in [7, 11) is 0. The molecular weight excluding hydrogens is 386 g/mol. The van der Waals surface area contributed by atoms with Crippen LogP contribution in [0.3, 0.4) is 0 Å². The highest BCUT2D eigenvalue weighted by Gasteiger charge is 2.19. The number of ether oxygens (including phenoxy) is 1. The minimum absolute atomic E-state index is 0.138. The first-order chi connectivity index (χ1) is 14.5. The van der Waals surface area contributed by atoms with Crippen LogP contribution in [0.2, 0.25) is 0 Å². The van der Waals surface area contributed by atoms with Gasteiger partial charge in [-0.3, -0.25) is 0 Å². The zero-order valence-corrected chi connectivity index (χ0v) is 16.0. The zero-order chi connectivity index (χ0) is 21.5. The Bertz CT molecular complexity index is 1100. The van der Waals surface area contributed by atoms with Gasteiger partial charge in [-0.05, 0) is 31.2 Å². The molecule has 3 aromatic rings. The van der Waals surface area contributed by atoms with Gasteiger partial charge < -0.3 is 25.5 Å². The topological polar surface area (TPSA) is 140 Å². The van der Waals surface area contributed by atoms with Crippen LogP contribution < -0.4 is 10.6 Å². The minimum atomic E-state index is -0.974. The second-order valence-electron chi connectivity index (χ2n) is 6.33. The second-order valence-corrected chi connectivity index (χ2v) is 6.33. The number of nitrogens with one attached hydrogen (secondary N) is 3. The van der Waals surface area contributed by atoms with Crippen molar-refractivity contribution in [2.75, 3.05) is 11.9 Å². The van der Waals surface area contributed by atoms with Gasteiger partial charge in [0.2, 0.25) is 0 Å². The van der Waals surface area contributed by atoms with Crippen LogP contribution in [0, 0.1) is 11.3 Å². The molecule has 1 atom stereocenters. The lowest BCUT2D eigenvalue weighted by Gasteiger charge is -2.14. The number of amides is 2. The summed E-state index contributed by atoms with van der Waals surface area (Å²) in [6.07, 6.45) is 0. The summed E-state index contributed by atoms with van der Waals surface area (Å²) in [4.78, 5) is 31.2. The first-order valence-electron chi connectivity index (χ1n) is 9.04. The molecule has 0 radical (unpaired) electrons. The van der Waals surface area contributed by atoms with Gasteiger partial charge in [0, 0.05) is 5.69 Å². The number of hydrogen-bond acceptors (Lipinski definition) is 6. The molecule has 2 aromatic carbocycles. The Balaban J connectivity index is 1.59. The molecule has 4 N–H and O–H groups in total. The Kier molecular flexibility index (Phi) is 6.29. The molecule has 0 bridgehead atoms. The minimum Gasteiger partial charge on any atom is -0.507 e. The molecule has 0 saturated heterocycles. The number of urea groups is 1. The number of para-hydroxylation sites is 3. The molecule has 0 aliphatic rings. The Morgan fingerprint density at radius 3 is 2.60 bits per heavy atom. The molecule has 0 unspecified atom stereocenters. The Labute approximate surface area is 172 Å². The average Bonchev–Trinajstić information content (AvgIpc) is 3.16. The van der Waals surface area contributed by atoms with E-state index in [0.717, 1.165) is 0 Å². The van der Waals surface area contributed by atoms with Crippen LogP contribution >= 0.6 is 0 Å². The van der Waals surface area contributed by atoms with Crippen LogP contribution in [0.25, 0.3) is 16.6 Å². The van der Waals surface area contributed by atoms with Gasteiger partial charge in [0.15, 0.2) is 11.6 Å². The maximum atomic E-state index is 12.1. The third-order valence-electron chi connectivity index (χ3n) is 4.11. The summed E-state index contributed by atoms with van der Waals surface area (Å²) >= 11 is 0. The molecule has 1 aromatic heterocycles. The number of fused-ring (bicyclic) bond motifs is 1. The summed E-state index contributed by atoms with van der Waals surface area (Å²) in [5.41, 5.74) is 1.77. The summed E-state index contributed by atoms with van der Waals surface area (Å²) < 4.78 is 5.01. The highest BCUT2D eigenvalue weighted by molar-refractivity contribution is 5.92. The predicted molar refractivity (Wildman–Crippen MR) is 110 cm³/mol. The fraction of sp³-hybridized carbons (Fsp3) is 0.143. The summed E-state index contributed by atoms with van der Waals surface area (Å²) in [5, 5.41) is 24.6. The lowest BCUT2D eigenvalue weighted by molar-refractivity contribution is -0.145. The molecule has 3 rings (SSSR count). The van der Waals surface area contributed by atoms with Crippen molar-refractivity contribution in [3.05, 3.63) is 66.2 Å². The van der Waals surface area contributed by atoms with Crippen molar-refractivity contribution in [2.24, 2.45) is 0 Å². The number of benzene rings is 2. The lowest BCUT2D eigenvalue weighted by atomic mass is 10.2. The summed E-state index contributed by atoms with van der Waals surface area (Å²) in [5.74, 6) is -1.06. The molecule has 9 nitrogen and oxygen atoms in total. The van der Waals surface area contributed by atoms with Crippen molar-refractivity contribution >= 4 is 34.3 Å². The Morgan fingerprint density at radius 1 is 1.20 bits per heavy atom. The van der Waals surface area contributed by atoms with E-state index in [-0.39, 0.29) is 11.4 Å². The number of aliphatic hydroxyl groups excluding tert-OH is 1. The van der Waals surface area contributed by atoms with E-state index in [1.54, 1.807) is 42.5 Å². The average molecular weight is 405 g/mol. The van der Waals surface area contributed by atoms with Crippen molar-refractivity contribution in [3.8, 4) is 6.07 Å². The van der Waals surface area contributed by atoms with Gasteiger partial charge in [-0.2, -0.15) is 5.26 Å². The monoisotopic (exact) mass is 405 g/mol. The number of nitriles is 1. The first kappa shape index (κ1) is 20.4. The maximum Gasteiger partial charge on any atom is 0.328 e. The standard InChI is InChI=1S/C21H19N5O4/c1-13(23-21(29)24-14-7-3-2-4-8-14)20(28)30-12-18(27)15(11-22)19-25-16-9-5-6-10-17(16)26-19/h2-10,13,27H,12H2,1H3,(H,25,26)(H2,23,24,29)/b18-15-/t13-/m0/s1. The van der Waals surface area contributed by atoms with Gasteiger partial charge in [0.05, 0.1) is 11.0 Å². The lowest BCUT2D eigenvalue weighted by Crippen LogP contribution is -2.42. The molecule has 0 fully saturated rings. The molecule has 0 spiro atoms. The van der Waals surface area contributed by atoms with Crippen LogP contribution in [0.15, 0.2) is 60.4 Å². The highest BCUT2D eigenvalue weighted by atomic mass is 16.5. The zero-order valence-electron chi connectivity index (χ0n) is 16.0. The number of esters is 1. The smallest absolute Gasteiger partial charge is 0.328 e. The van der Waals surface area contributed by atoms with E-state index in [4.69, 9.17) is 4.74 Å². The number of carbonyl (C=O) groups is 2. The van der Waals surface area contributed by atoms with E-state index < -0.39 is 30.4 Å². The number of aromatic nitrogens is 2. The van der Waals surface area contributed by atoms with Gasteiger partial charge in [-0.25, -0.2) is 14.6 Å². The summed E-state index contributed by atoms with van der Waals surface area (Å²) in [6, 6.07) is 16.2. The van der Waals surface area contributed by atoms with Gasteiger partial charge in [-0.15, -0.1) is 0 Å². The normalized spacial score (nSPS) is 12.4. The number of aromatic amines is 1. The van der Waals surface area contributed by atoms with E-state index in [9.17, 15) is 20.0 Å². The van der Waals surface area contributed by atoms with Crippen LogP contribution in [0.4, 0.5) is 10.5 Å². The van der Waals surface area contributed by atoms with Crippen molar-refractivity contribution in [3.63, 3.8) is 0 Å². The molecule has 2 amide bonds. The number of hydrogen-bond donors (Lipinski definition) is 4. The quantitative estimate of drug-likeness (QED) is 0.282. The van der Waals surface area contributed by atoms with Crippen LogP contribution in [0.1, 0.15) is 12.7 Å².